The molecule has 0 heterocycles. The Bertz CT molecular complexity index is 439. The van der Waals surface area contributed by atoms with E-state index in [0.29, 0.717) is 12.4 Å². The van der Waals surface area contributed by atoms with Gasteiger partial charge in [-0.1, -0.05) is 29.8 Å². The van der Waals surface area contributed by atoms with E-state index in [2.05, 4.69) is 45.7 Å². The molecule has 0 fully saturated rings. The Hall–Kier alpha value is -0.620. The highest BCUT2D eigenvalue weighted by atomic mass is 79.9. The summed E-state index contributed by atoms with van der Waals surface area (Å²) in [5.74, 6) is 0.515. The Morgan fingerprint density at radius 2 is 2.00 bits per heavy atom. The van der Waals surface area contributed by atoms with Crippen LogP contribution < -0.4 is 4.74 Å². The van der Waals surface area contributed by atoms with Crippen molar-refractivity contribution < 1.29 is 9.66 Å². The zero-order valence-corrected chi connectivity index (χ0v) is 14.2. The molecule has 6 heteroatoms. The van der Waals surface area contributed by atoms with Crippen LogP contribution in [0.4, 0.5) is 5.69 Å². The quantitative estimate of drug-likeness (QED) is 0.374. The van der Waals surface area contributed by atoms with Crippen LogP contribution in [0, 0.1) is 15.5 Å². The van der Waals surface area contributed by atoms with Gasteiger partial charge in [-0.2, -0.15) is 0 Å². The Kier molecular flexibility index (Phi) is 6.26. The lowest BCUT2D eigenvalue weighted by Crippen LogP contribution is -2.29. The fourth-order valence-electron chi connectivity index (χ4n) is 1.63. The molecule has 0 aliphatic rings. The van der Waals surface area contributed by atoms with Crippen LogP contribution in [0.5, 0.6) is 5.75 Å². The van der Waals surface area contributed by atoms with Crippen LogP contribution in [0.3, 0.4) is 0 Å². The van der Waals surface area contributed by atoms with Crippen molar-refractivity contribution in [3.63, 3.8) is 0 Å². The molecule has 1 aromatic carbocycles. The molecule has 19 heavy (non-hydrogen) atoms. The number of nitro benzene ring substituents is 1. The molecular formula is C13H17Br2NO3. The number of nitrogens with zero attached hydrogens (tertiary/aromatic N) is 1. The summed E-state index contributed by atoms with van der Waals surface area (Å²) in [4.78, 5) is 10.3. The van der Waals surface area contributed by atoms with Gasteiger partial charge in [-0.15, -0.1) is 0 Å². The van der Waals surface area contributed by atoms with E-state index in [9.17, 15) is 10.1 Å². The Morgan fingerprint density at radius 3 is 2.47 bits per heavy atom. The van der Waals surface area contributed by atoms with Gasteiger partial charge in [-0.05, 0) is 34.8 Å². The zero-order valence-electron chi connectivity index (χ0n) is 11.0. The van der Waals surface area contributed by atoms with E-state index in [0.717, 1.165) is 22.6 Å². The predicted octanol–water partition coefficient (Wildman–Crippen LogP) is 4.94. The van der Waals surface area contributed by atoms with Crippen LogP contribution in [0.2, 0.25) is 0 Å². The average Bonchev–Trinajstić information content (AvgIpc) is 2.42. The van der Waals surface area contributed by atoms with Crippen molar-refractivity contribution >= 4 is 37.5 Å². The van der Waals surface area contributed by atoms with Gasteiger partial charge < -0.3 is 4.74 Å². The third-order valence-corrected chi connectivity index (χ3v) is 5.29. The molecular weight excluding hydrogens is 378 g/mol. The maximum absolute atomic E-state index is 10.8. The smallest absolute Gasteiger partial charge is 0.273 e. The Labute approximate surface area is 129 Å². The summed E-state index contributed by atoms with van der Waals surface area (Å²) in [5, 5.41) is 11.6. The number of benzene rings is 1. The first kappa shape index (κ1) is 16.4. The summed E-state index contributed by atoms with van der Waals surface area (Å²) < 4.78 is 6.51. The number of alkyl halides is 1. The molecule has 0 aliphatic heterocycles. The second kappa shape index (κ2) is 7.24. The number of halogens is 2. The normalized spacial score (nSPS) is 11.4. The molecule has 0 N–H and O–H groups in total. The molecule has 0 spiro atoms. The number of non-ortho nitro benzene ring substituents is 1. The largest absolute Gasteiger partial charge is 0.492 e. The van der Waals surface area contributed by atoms with E-state index >= 15 is 0 Å². The Morgan fingerprint density at radius 1 is 1.37 bits per heavy atom. The monoisotopic (exact) mass is 393 g/mol. The van der Waals surface area contributed by atoms with E-state index in [1.54, 1.807) is 6.07 Å². The molecule has 1 aromatic rings. The summed E-state index contributed by atoms with van der Waals surface area (Å²) >= 11 is 6.88. The number of nitro groups is 1. The van der Waals surface area contributed by atoms with Gasteiger partial charge >= 0.3 is 0 Å². The van der Waals surface area contributed by atoms with Gasteiger partial charge in [-0.3, -0.25) is 10.1 Å². The van der Waals surface area contributed by atoms with Crippen molar-refractivity contribution in [3.05, 3.63) is 32.8 Å². The lowest BCUT2D eigenvalue weighted by Gasteiger charge is -2.29. The minimum absolute atomic E-state index is 0.0376. The number of hydrogen-bond acceptors (Lipinski definition) is 3. The van der Waals surface area contributed by atoms with Gasteiger partial charge in [0.1, 0.15) is 5.75 Å². The standard InChI is InChI=1S/C13H17Br2NO3/c1-3-13(4-2,8-14)9-19-12-7-10(16(17)18)5-6-11(12)15/h5-7H,3-4,8-9H2,1-2H3. The molecule has 0 radical (unpaired) electrons. The second-order valence-electron chi connectivity index (χ2n) is 4.50. The summed E-state index contributed by atoms with van der Waals surface area (Å²) in [6.07, 6.45) is 1.97. The molecule has 0 bridgehead atoms. The average molecular weight is 395 g/mol. The molecule has 0 aromatic heterocycles. The van der Waals surface area contributed by atoms with Crippen LogP contribution in [0.25, 0.3) is 0 Å². The van der Waals surface area contributed by atoms with Crippen LogP contribution >= 0.6 is 31.9 Å². The fourth-order valence-corrected chi connectivity index (χ4v) is 2.94. The van der Waals surface area contributed by atoms with Crippen molar-refractivity contribution in [2.24, 2.45) is 5.41 Å². The summed E-state index contributed by atoms with van der Waals surface area (Å²) in [6.45, 7) is 4.78. The van der Waals surface area contributed by atoms with E-state index in [1.165, 1.54) is 12.1 Å². The van der Waals surface area contributed by atoms with Crippen LogP contribution in [-0.2, 0) is 0 Å². The number of hydrogen-bond donors (Lipinski definition) is 0. The van der Waals surface area contributed by atoms with Crippen molar-refractivity contribution in [1.29, 1.82) is 0 Å². The van der Waals surface area contributed by atoms with Crippen LogP contribution in [0.1, 0.15) is 26.7 Å². The third-order valence-electron chi connectivity index (χ3n) is 3.44. The minimum Gasteiger partial charge on any atom is -0.492 e. The first-order valence-electron chi connectivity index (χ1n) is 6.10. The number of rotatable bonds is 7. The molecule has 4 nitrogen and oxygen atoms in total. The van der Waals surface area contributed by atoms with Gasteiger partial charge in [0.25, 0.3) is 5.69 Å². The van der Waals surface area contributed by atoms with Gasteiger partial charge in [-0.25, -0.2) is 0 Å². The van der Waals surface area contributed by atoms with E-state index < -0.39 is 4.92 Å². The molecule has 0 amide bonds. The summed E-state index contributed by atoms with van der Waals surface area (Å²) in [7, 11) is 0. The maximum atomic E-state index is 10.8. The Balaban J connectivity index is 2.87. The molecule has 1 rings (SSSR count). The summed E-state index contributed by atoms with van der Waals surface area (Å²) in [5.41, 5.74) is 0.0972. The highest BCUT2D eigenvalue weighted by molar-refractivity contribution is 9.10. The van der Waals surface area contributed by atoms with Gasteiger partial charge in [0.05, 0.1) is 22.1 Å². The third kappa shape index (κ3) is 4.18. The molecule has 0 saturated heterocycles. The van der Waals surface area contributed by atoms with E-state index in [1.807, 2.05) is 0 Å². The van der Waals surface area contributed by atoms with Crippen molar-refractivity contribution in [2.45, 2.75) is 26.7 Å². The predicted molar refractivity (Wildman–Crippen MR) is 83.1 cm³/mol. The maximum Gasteiger partial charge on any atom is 0.273 e. The van der Waals surface area contributed by atoms with E-state index in [4.69, 9.17) is 4.74 Å². The topological polar surface area (TPSA) is 52.4 Å². The van der Waals surface area contributed by atoms with Crippen molar-refractivity contribution in [3.8, 4) is 5.75 Å². The fraction of sp³-hybridized carbons (Fsp3) is 0.538. The first-order valence-corrected chi connectivity index (χ1v) is 8.02. The number of ether oxygens (including phenoxy) is 1. The lowest BCUT2D eigenvalue weighted by molar-refractivity contribution is -0.385. The SMILES string of the molecule is CCC(CC)(CBr)COc1cc([N+](=O)[O-])ccc1Br. The minimum atomic E-state index is -0.420. The molecule has 0 saturated carbocycles. The summed E-state index contributed by atoms with van der Waals surface area (Å²) in [6, 6.07) is 4.55. The molecule has 0 unspecified atom stereocenters. The first-order chi connectivity index (χ1) is 8.98. The van der Waals surface area contributed by atoms with E-state index in [-0.39, 0.29) is 11.1 Å². The van der Waals surface area contributed by atoms with Gasteiger partial charge in [0.2, 0.25) is 0 Å². The molecule has 106 valence electrons. The van der Waals surface area contributed by atoms with Crippen LogP contribution in [0.15, 0.2) is 22.7 Å². The van der Waals surface area contributed by atoms with Gasteiger partial charge in [0, 0.05) is 16.8 Å². The molecule has 0 aliphatic carbocycles. The van der Waals surface area contributed by atoms with Crippen molar-refractivity contribution in [1.82, 2.24) is 0 Å². The lowest BCUT2D eigenvalue weighted by atomic mass is 9.86. The van der Waals surface area contributed by atoms with Crippen LogP contribution in [-0.4, -0.2) is 16.9 Å². The zero-order chi connectivity index (χ0) is 14.5. The molecule has 0 atom stereocenters. The highest BCUT2D eigenvalue weighted by Crippen LogP contribution is 2.33. The van der Waals surface area contributed by atoms with Crippen molar-refractivity contribution in [2.75, 3.05) is 11.9 Å². The van der Waals surface area contributed by atoms with Gasteiger partial charge in [0.15, 0.2) is 0 Å². The highest BCUT2D eigenvalue weighted by Gasteiger charge is 2.26. The second-order valence-corrected chi connectivity index (χ2v) is 5.92.